The van der Waals surface area contributed by atoms with Gasteiger partial charge in [-0.3, -0.25) is 9.69 Å². The Kier molecular flexibility index (Phi) is 5.36. The summed E-state index contributed by atoms with van der Waals surface area (Å²) in [6.07, 6.45) is 5.55. The Bertz CT molecular complexity index is 1060. The first kappa shape index (κ1) is 18.2. The maximum Gasteiger partial charge on any atom is 0.178 e. The largest absolute Gasteiger partial charge is 0.346 e. The molecule has 0 aliphatic carbocycles. The lowest BCUT2D eigenvalue weighted by Gasteiger charge is -2.25. The number of fused-ring (bicyclic) bond motifs is 1. The van der Waals surface area contributed by atoms with Gasteiger partial charge in [0.1, 0.15) is 0 Å². The van der Waals surface area contributed by atoms with E-state index < -0.39 is 0 Å². The van der Waals surface area contributed by atoms with Crippen molar-refractivity contribution < 1.29 is 4.79 Å². The highest BCUT2D eigenvalue weighted by molar-refractivity contribution is 6.09. The van der Waals surface area contributed by atoms with Crippen LogP contribution in [0.5, 0.6) is 0 Å². The molecule has 4 rings (SSSR count). The van der Waals surface area contributed by atoms with E-state index in [9.17, 15) is 4.79 Å². The van der Waals surface area contributed by atoms with Crippen LogP contribution >= 0.6 is 0 Å². The summed E-state index contributed by atoms with van der Waals surface area (Å²) < 4.78 is 2.02. The number of carbonyl (C=O) groups excluding carboxylic acids is 1. The number of nitrogens with zero attached hydrogens (tertiary/aromatic N) is 3. The molecule has 28 heavy (non-hydrogen) atoms. The van der Waals surface area contributed by atoms with Crippen LogP contribution in [0.1, 0.15) is 28.8 Å². The number of aryl methyl sites for hydroxylation is 1. The van der Waals surface area contributed by atoms with Gasteiger partial charge in [0.05, 0.1) is 19.0 Å². The number of benzene rings is 2. The SMILES string of the molecule is N#CCCn1cc(C(=O)CN2CC=C(c3ccccc3)CC2)c2ccccc21. The second-order valence-electron chi connectivity index (χ2n) is 7.17. The molecule has 140 valence electrons. The zero-order valence-corrected chi connectivity index (χ0v) is 15.8. The molecule has 0 bridgehead atoms. The smallest absolute Gasteiger partial charge is 0.178 e. The van der Waals surface area contributed by atoms with E-state index in [0.29, 0.717) is 19.5 Å². The Balaban J connectivity index is 1.49. The molecular formula is C24H23N3O. The molecule has 0 radical (unpaired) electrons. The van der Waals surface area contributed by atoms with E-state index in [1.54, 1.807) is 0 Å². The van der Waals surface area contributed by atoms with E-state index in [1.807, 2.05) is 41.1 Å². The van der Waals surface area contributed by atoms with Gasteiger partial charge in [0, 0.05) is 42.3 Å². The molecule has 0 spiro atoms. The normalized spacial score (nSPS) is 14.6. The van der Waals surface area contributed by atoms with Crippen molar-refractivity contribution in [1.82, 2.24) is 9.47 Å². The van der Waals surface area contributed by atoms with Crippen molar-refractivity contribution in [3.63, 3.8) is 0 Å². The first-order valence-electron chi connectivity index (χ1n) is 9.71. The van der Waals surface area contributed by atoms with Crippen LogP contribution in [0.2, 0.25) is 0 Å². The molecule has 0 atom stereocenters. The standard InChI is InChI=1S/C24H23N3O/c25-13-6-14-27-17-22(21-9-4-5-10-23(21)27)24(28)18-26-15-11-20(12-16-26)19-7-2-1-3-8-19/h1-5,7-11,17H,6,12,14-16,18H2. The maximum atomic E-state index is 13.0. The highest BCUT2D eigenvalue weighted by atomic mass is 16.1. The predicted molar refractivity (Wildman–Crippen MR) is 112 cm³/mol. The van der Waals surface area contributed by atoms with Gasteiger partial charge in [-0.25, -0.2) is 0 Å². The third-order valence-corrected chi connectivity index (χ3v) is 5.36. The van der Waals surface area contributed by atoms with Crippen molar-refractivity contribution in [3.05, 3.63) is 78.0 Å². The lowest BCUT2D eigenvalue weighted by molar-refractivity contribution is 0.0939. The van der Waals surface area contributed by atoms with Crippen molar-refractivity contribution >= 4 is 22.3 Å². The number of nitriles is 1. The summed E-state index contributed by atoms with van der Waals surface area (Å²) in [6, 6.07) is 20.6. The fourth-order valence-corrected chi connectivity index (χ4v) is 3.88. The number of para-hydroxylation sites is 1. The molecule has 1 aliphatic rings. The zero-order valence-electron chi connectivity index (χ0n) is 15.8. The minimum absolute atomic E-state index is 0.142. The van der Waals surface area contributed by atoms with Gasteiger partial charge in [-0.15, -0.1) is 0 Å². The molecule has 4 nitrogen and oxygen atoms in total. The molecule has 0 saturated heterocycles. The Morgan fingerprint density at radius 3 is 2.61 bits per heavy atom. The van der Waals surface area contributed by atoms with E-state index in [0.717, 1.165) is 36.0 Å². The van der Waals surface area contributed by atoms with Crippen LogP contribution in [0.3, 0.4) is 0 Å². The minimum atomic E-state index is 0.142. The van der Waals surface area contributed by atoms with Crippen molar-refractivity contribution in [2.75, 3.05) is 19.6 Å². The van der Waals surface area contributed by atoms with Crippen molar-refractivity contribution in [1.29, 1.82) is 5.26 Å². The number of aromatic nitrogens is 1. The van der Waals surface area contributed by atoms with Crippen molar-refractivity contribution in [2.24, 2.45) is 0 Å². The Hall–Kier alpha value is -3.16. The molecule has 0 amide bonds. The first-order valence-corrected chi connectivity index (χ1v) is 9.71. The Labute approximate surface area is 165 Å². The lowest BCUT2D eigenvalue weighted by Crippen LogP contribution is -2.33. The summed E-state index contributed by atoms with van der Waals surface area (Å²) in [5.41, 5.74) is 4.41. The van der Waals surface area contributed by atoms with E-state index >= 15 is 0 Å². The predicted octanol–water partition coefficient (Wildman–Crippen LogP) is 4.53. The van der Waals surface area contributed by atoms with Gasteiger partial charge in [0.15, 0.2) is 5.78 Å². The van der Waals surface area contributed by atoms with Crippen molar-refractivity contribution in [3.8, 4) is 6.07 Å². The number of carbonyl (C=O) groups is 1. The molecule has 4 heteroatoms. The van der Waals surface area contributed by atoms with Crippen LogP contribution in [-0.4, -0.2) is 34.9 Å². The molecular weight excluding hydrogens is 346 g/mol. The zero-order chi connectivity index (χ0) is 19.3. The maximum absolute atomic E-state index is 13.0. The molecule has 3 aromatic rings. The van der Waals surface area contributed by atoms with Crippen LogP contribution in [-0.2, 0) is 6.54 Å². The summed E-state index contributed by atoms with van der Waals surface area (Å²) in [5, 5.41) is 9.87. The van der Waals surface area contributed by atoms with Gasteiger partial charge in [-0.05, 0) is 23.6 Å². The first-order chi connectivity index (χ1) is 13.8. The van der Waals surface area contributed by atoms with Crippen LogP contribution in [0.25, 0.3) is 16.5 Å². The topological polar surface area (TPSA) is 49.0 Å². The molecule has 0 unspecified atom stereocenters. The summed E-state index contributed by atoms with van der Waals surface area (Å²) in [5.74, 6) is 0.142. The fourth-order valence-electron chi connectivity index (χ4n) is 3.88. The van der Waals surface area contributed by atoms with E-state index in [1.165, 1.54) is 11.1 Å². The number of ketones is 1. The molecule has 2 aromatic carbocycles. The molecule has 1 aliphatic heterocycles. The fraction of sp³-hybridized carbons (Fsp3) is 0.250. The van der Waals surface area contributed by atoms with E-state index in [-0.39, 0.29) is 5.78 Å². The minimum Gasteiger partial charge on any atom is -0.346 e. The number of rotatable bonds is 6. The summed E-state index contributed by atoms with van der Waals surface area (Å²) >= 11 is 0. The van der Waals surface area contributed by atoms with E-state index in [4.69, 9.17) is 5.26 Å². The molecule has 0 N–H and O–H groups in total. The van der Waals surface area contributed by atoms with Crippen LogP contribution < -0.4 is 0 Å². The van der Waals surface area contributed by atoms with Gasteiger partial charge < -0.3 is 4.57 Å². The van der Waals surface area contributed by atoms with Gasteiger partial charge in [0.2, 0.25) is 0 Å². The number of hydrogen-bond acceptors (Lipinski definition) is 3. The summed E-state index contributed by atoms with van der Waals surface area (Å²) in [7, 11) is 0. The van der Waals surface area contributed by atoms with Gasteiger partial charge in [-0.2, -0.15) is 5.26 Å². The highest BCUT2D eigenvalue weighted by Crippen LogP contribution is 2.24. The lowest BCUT2D eigenvalue weighted by atomic mass is 9.99. The molecule has 0 saturated carbocycles. The monoisotopic (exact) mass is 369 g/mol. The number of Topliss-reactive ketones (excluding diaryl/α,β-unsaturated/α-hetero) is 1. The molecule has 0 fully saturated rings. The molecule has 2 heterocycles. The van der Waals surface area contributed by atoms with Gasteiger partial charge in [0.25, 0.3) is 0 Å². The average molecular weight is 369 g/mol. The second-order valence-corrected chi connectivity index (χ2v) is 7.17. The van der Waals surface area contributed by atoms with Gasteiger partial charge >= 0.3 is 0 Å². The average Bonchev–Trinajstić information content (AvgIpc) is 3.12. The quantitative estimate of drug-likeness (QED) is 0.600. The van der Waals surface area contributed by atoms with Crippen LogP contribution in [0.4, 0.5) is 0 Å². The van der Waals surface area contributed by atoms with Crippen LogP contribution in [0.15, 0.2) is 66.9 Å². The number of hydrogen-bond donors (Lipinski definition) is 0. The summed E-state index contributed by atoms with van der Waals surface area (Å²) in [6.45, 7) is 2.71. The summed E-state index contributed by atoms with van der Waals surface area (Å²) in [4.78, 5) is 15.2. The van der Waals surface area contributed by atoms with Crippen LogP contribution in [0, 0.1) is 11.3 Å². The van der Waals surface area contributed by atoms with Gasteiger partial charge in [-0.1, -0.05) is 54.6 Å². The van der Waals surface area contributed by atoms with Crippen molar-refractivity contribution in [2.45, 2.75) is 19.4 Å². The molecule has 1 aromatic heterocycles. The second kappa shape index (κ2) is 8.24. The Morgan fingerprint density at radius 1 is 1.07 bits per heavy atom. The third kappa shape index (κ3) is 3.76. The van der Waals surface area contributed by atoms with E-state index in [2.05, 4.69) is 41.3 Å². The third-order valence-electron chi connectivity index (χ3n) is 5.36. The highest BCUT2D eigenvalue weighted by Gasteiger charge is 2.19. The Morgan fingerprint density at radius 2 is 1.86 bits per heavy atom.